The molecule has 0 spiro atoms. The lowest BCUT2D eigenvalue weighted by molar-refractivity contribution is -0.147. The highest BCUT2D eigenvalue weighted by Crippen LogP contribution is 2.24. The minimum absolute atomic E-state index is 0.0995. The number of carbonyl (C=O) groups excluding carboxylic acids is 1. The highest BCUT2D eigenvalue weighted by Gasteiger charge is 2.40. The predicted molar refractivity (Wildman–Crippen MR) is 33.4 cm³/mol. The van der Waals surface area contributed by atoms with Crippen LogP contribution in [0.3, 0.4) is 0 Å². The average Bonchev–Trinajstić information content (AvgIpc) is 2.13. The number of hydrogen-bond donors (Lipinski definition) is 2. The first-order valence-electron chi connectivity index (χ1n) is 3.05. The summed E-state index contributed by atoms with van der Waals surface area (Å²) in [5.74, 6) is -1.09. The lowest BCUT2D eigenvalue weighted by atomic mass is 9.90. The zero-order valence-corrected chi connectivity index (χ0v) is 5.68. The molecule has 1 saturated heterocycles. The summed E-state index contributed by atoms with van der Waals surface area (Å²) in [5.41, 5.74) is -0.878. The van der Waals surface area contributed by atoms with E-state index in [4.69, 9.17) is 5.11 Å². The quantitative estimate of drug-likeness (QED) is 0.524. The fourth-order valence-electron chi connectivity index (χ4n) is 0.924. The van der Waals surface area contributed by atoms with Crippen LogP contribution in [0.5, 0.6) is 0 Å². The van der Waals surface area contributed by atoms with Gasteiger partial charge in [-0.25, -0.2) is 0 Å². The van der Waals surface area contributed by atoms with Gasteiger partial charge in [0.2, 0.25) is 5.91 Å². The van der Waals surface area contributed by atoms with Crippen molar-refractivity contribution in [3.8, 4) is 0 Å². The SMILES string of the molecule is C[C@@]1(C(=O)O)CNC(=O)C1. The molecule has 0 unspecified atom stereocenters. The van der Waals surface area contributed by atoms with Crippen molar-refractivity contribution in [1.82, 2.24) is 5.32 Å². The van der Waals surface area contributed by atoms with Crippen molar-refractivity contribution >= 4 is 11.9 Å². The second kappa shape index (κ2) is 1.97. The zero-order valence-electron chi connectivity index (χ0n) is 5.68. The first-order chi connectivity index (χ1) is 4.54. The monoisotopic (exact) mass is 143 g/mol. The molecule has 0 aliphatic carbocycles. The molecule has 10 heavy (non-hydrogen) atoms. The highest BCUT2D eigenvalue weighted by molar-refractivity contribution is 5.88. The molecule has 1 aliphatic heterocycles. The molecule has 4 nitrogen and oxygen atoms in total. The molecular weight excluding hydrogens is 134 g/mol. The van der Waals surface area contributed by atoms with E-state index < -0.39 is 11.4 Å². The van der Waals surface area contributed by atoms with Crippen molar-refractivity contribution < 1.29 is 14.7 Å². The van der Waals surface area contributed by atoms with Gasteiger partial charge in [-0.15, -0.1) is 0 Å². The van der Waals surface area contributed by atoms with Crippen molar-refractivity contribution in [2.24, 2.45) is 5.41 Å². The van der Waals surface area contributed by atoms with Crippen LogP contribution in [0.2, 0.25) is 0 Å². The van der Waals surface area contributed by atoms with Crippen LogP contribution in [-0.4, -0.2) is 23.5 Å². The number of carboxylic acids is 1. The Morgan fingerprint density at radius 1 is 1.80 bits per heavy atom. The van der Waals surface area contributed by atoms with Gasteiger partial charge in [0.25, 0.3) is 0 Å². The van der Waals surface area contributed by atoms with Gasteiger partial charge >= 0.3 is 5.97 Å². The second-order valence-corrected chi connectivity index (χ2v) is 2.82. The summed E-state index contributed by atoms with van der Waals surface area (Å²) in [4.78, 5) is 21.1. The van der Waals surface area contributed by atoms with Crippen LogP contribution in [-0.2, 0) is 9.59 Å². The summed E-state index contributed by atoms with van der Waals surface area (Å²) < 4.78 is 0. The van der Waals surface area contributed by atoms with Crippen LogP contribution in [0.1, 0.15) is 13.3 Å². The Kier molecular flexibility index (Phi) is 1.39. The predicted octanol–water partition coefficient (Wildman–Crippen LogP) is -0.403. The van der Waals surface area contributed by atoms with Crippen molar-refractivity contribution in [1.29, 1.82) is 0 Å². The molecule has 0 aromatic rings. The van der Waals surface area contributed by atoms with E-state index in [2.05, 4.69) is 5.32 Å². The Morgan fingerprint density at radius 2 is 2.40 bits per heavy atom. The van der Waals surface area contributed by atoms with E-state index in [9.17, 15) is 9.59 Å². The largest absolute Gasteiger partial charge is 0.481 e. The molecule has 1 fully saturated rings. The van der Waals surface area contributed by atoms with Crippen LogP contribution in [0.4, 0.5) is 0 Å². The van der Waals surface area contributed by atoms with Crippen LogP contribution >= 0.6 is 0 Å². The molecule has 1 heterocycles. The third-order valence-electron chi connectivity index (χ3n) is 1.74. The molecular formula is C6H9NO3. The number of carboxylic acid groups (broad SMARTS) is 1. The van der Waals surface area contributed by atoms with E-state index in [1.807, 2.05) is 0 Å². The minimum atomic E-state index is -0.911. The first kappa shape index (κ1) is 7.05. The molecule has 0 saturated carbocycles. The third-order valence-corrected chi connectivity index (χ3v) is 1.74. The van der Waals surface area contributed by atoms with E-state index in [1.54, 1.807) is 6.92 Å². The summed E-state index contributed by atoms with van der Waals surface area (Å²) in [6.45, 7) is 1.81. The molecule has 0 aromatic carbocycles. The Morgan fingerprint density at radius 3 is 2.60 bits per heavy atom. The second-order valence-electron chi connectivity index (χ2n) is 2.82. The van der Waals surface area contributed by atoms with Gasteiger partial charge in [-0.2, -0.15) is 0 Å². The molecule has 1 atom stereocenters. The van der Waals surface area contributed by atoms with Crippen LogP contribution < -0.4 is 5.32 Å². The summed E-state index contributed by atoms with van der Waals surface area (Å²) in [5, 5.41) is 11.1. The maximum atomic E-state index is 10.6. The van der Waals surface area contributed by atoms with Gasteiger partial charge in [0.15, 0.2) is 0 Å². The van der Waals surface area contributed by atoms with Crippen molar-refractivity contribution in [2.45, 2.75) is 13.3 Å². The normalized spacial score (nSPS) is 31.9. The molecule has 0 bridgehead atoms. The van der Waals surface area contributed by atoms with Crippen molar-refractivity contribution in [2.75, 3.05) is 6.54 Å². The zero-order chi connectivity index (χ0) is 7.78. The molecule has 0 radical (unpaired) electrons. The van der Waals surface area contributed by atoms with E-state index in [-0.39, 0.29) is 18.9 Å². The van der Waals surface area contributed by atoms with Gasteiger partial charge in [0.1, 0.15) is 0 Å². The molecule has 56 valence electrons. The van der Waals surface area contributed by atoms with Gasteiger partial charge in [-0.05, 0) is 6.92 Å². The van der Waals surface area contributed by atoms with Crippen LogP contribution in [0.15, 0.2) is 0 Å². The van der Waals surface area contributed by atoms with Gasteiger partial charge < -0.3 is 10.4 Å². The number of rotatable bonds is 1. The van der Waals surface area contributed by atoms with Crippen LogP contribution in [0.25, 0.3) is 0 Å². The standard InChI is InChI=1S/C6H9NO3/c1-6(5(9)10)2-4(8)7-3-6/h2-3H2,1H3,(H,7,8)(H,9,10)/t6-/m0/s1. The van der Waals surface area contributed by atoms with Crippen LogP contribution in [0, 0.1) is 5.41 Å². The number of nitrogens with one attached hydrogen (secondary N) is 1. The van der Waals surface area contributed by atoms with Gasteiger partial charge in [0, 0.05) is 13.0 Å². The summed E-state index contributed by atoms with van der Waals surface area (Å²) >= 11 is 0. The Bertz CT molecular complexity index is 189. The number of aliphatic carboxylic acids is 1. The maximum Gasteiger partial charge on any atom is 0.311 e. The van der Waals surface area contributed by atoms with E-state index >= 15 is 0 Å². The Labute approximate surface area is 58.2 Å². The summed E-state index contributed by atoms with van der Waals surface area (Å²) in [6.07, 6.45) is 0.0995. The molecule has 0 aromatic heterocycles. The number of hydrogen-bond acceptors (Lipinski definition) is 2. The van der Waals surface area contributed by atoms with Gasteiger partial charge in [-0.1, -0.05) is 0 Å². The van der Waals surface area contributed by atoms with Crippen molar-refractivity contribution in [3.05, 3.63) is 0 Å². The molecule has 1 aliphatic rings. The smallest absolute Gasteiger partial charge is 0.311 e. The highest BCUT2D eigenvalue weighted by atomic mass is 16.4. The molecule has 2 N–H and O–H groups in total. The molecule has 1 rings (SSSR count). The van der Waals surface area contributed by atoms with E-state index in [0.29, 0.717) is 0 Å². The fourth-order valence-corrected chi connectivity index (χ4v) is 0.924. The fraction of sp³-hybridized carbons (Fsp3) is 0.667. The number of amides is 1. The van der Waals surface area contributed by atoms with Gasteiger partial charge in [-0.3, -0.25) is 9.59 Å². The van der Waals surface area contributed by atoms with Crippen molar-refractivity contribution in [3.63, 3.8) is 0 Å². The van der Waals surface area contributed by atoms with E-state index in [1.165, 1.54) is 0 Å². The number of carbonyl (C=O) groups is 2. The Hall–Kier alpha value is -1.06. The first-order valence-corrected chi connectivity index (χ1v) is 3.05. The Balaban J connectivity index is 2.72. The molecule has 1 amide bonds. The summed E-state index contributed by atoms with van der Waals surface area (Å²) in [6, 6.07) is 0. The third kappa shape index (κ3) is 0.964. The lowest BCUT2D eigenvalue weighted by Crippen LogP contribution is -2.29. The maximum absolute atomic E-state index is 10.6. The molecule has 4 heteroatoms. The van der Waals surface area contributed by atoms with E-state index in [0.717, 1.165) is 0 Å². The van der Waals surface area contributed by atoms with Gasteiger partial charge in [0.05, 0.1) is 5.41 Å². The topological polar surface area (TPSA) is 66.4 Å². The minimum Gasteiger partial charge on any atom is -0.481 e. The average molecular weight is 143 g/mol. The lowest BCUT2D eigenvalue weighted by Gasteiger charge is -2.13. The summed E-state index contributed by atoms with van der Waals surface area (Å²) in [7, 11) is 0.